The molecule has 0 bridgehead atoms. The van der Waals surface area contributed by atoms with E-state index in [-0.39, 0.29) is 5.91 Å². The number of amides is 1. The van der Waals surface area contributed by atoms with Gasteiger partial charge >= 0.3 is 0 Å². The lowest BCUT2D eigenvalue weighted by atomic mass is 10.1. The zero-order valence-corrected chi connectivity index (χ0v) is 12.5. The molecular formula is C13H19BrN2O2. The smallest absolute Gasteiger partial charge is 0.221 e. The van der Waals surface area contributed by atoms with Gasteiger partial charge in [0.1, 0.15) is 0 Å². The summed E-state index contributed by atoms with van der Waals surface area (Å²) >= 11 is 3.42. The molecule has 1 aromatic rings. The highest BCUT2D eigenvalue weighted by atomic mass is 79.9. The first-order valence-corrected chi connectivity index (χ1v) is 6.64. The van der Waals surface area contributed by atoms with Gasteiger partial charge in [0, 0.05) is 42.8 Å². The van der Waals surface area contributed by atoms with Crippen molar-refractivity contribution in [1.29, 1.82) is 0 Å². The van der Waals surface area contributed by atoms with Gasteiger partial charge in [-0.15, -0.1) is 0 Å². The van der Waals surface area contributed by atoms with Crippen molar-refractivity contribution in [2.45, 2.75) is 19.4 Å². The fourth-order valence-corrected chi connectivity index (χ4v) is 2.06. The molecule has 1 atom stereocenters. The number of aliphatic hydroxyl groups is 1. The van der Waals surface area contributed by atoms with Crippen LogP contribution in [0.2, 0.25) is 0 Å². The van der Waals surface area contributed by atoms with E-state index in [1.165, 1.54) is 0 Å². The van der Waals surface area contributed by atoms with Crippen molar-refractivity contribution in [3.8, 4) is 0 Å². The Morgan fingerprint density at radius 3 is 2.78 bits per heavy atom. The highest BCUT2D eigenvalue weighted by Gasteiger charge is 2.12. The molecule has 100 valence electrons. The molecule has 1 rings (SSSR count). The Morgan fingerprint density at radius 1 is 1.56 bits per heavy atom. The number of aliphatic hydroxyl groups excluding tert-OH is 1. The van der Waals surface area contributed by atoms with Crippen molar-refractivity contribution >= 4 is 27.5 Å². The SMILES string of the molecule is CNC(=O)CCN(C)c1cc(Br)ccc1C(C)O. The quantitative estimate of drug-likeness (QED) is 0.875. The first-order chi connectivity index (χ1) is 8.45. The van der Waals surface area contributed by atoms with E-state index < -0.39 is 6.10 Å². The minimum Gasteiger partial charge on any atom is -0.389 e. The Hall–Kier alpha value is -1.07. The van der Waals surface area contributed by atoms with Gasteiger partial charge in [0.15, 0.2) is 0 Å². The Kier molecular flexibility index (Phi) is 5.62. The van der Waals surface area contributed by atoms with Gasteiger partial charge in [0.05, 0.1) is 6.10 Å². The number of anilines is 1. The molecule has 18 heavy (non-hydrogen) atoms. The minimum absolute atomic E-state index is 0.00967. The summed E-state index contributed by atoms with van der Waals surface area (Å²) in [4.78, 5) is 13.2. The second-order valence-electron chi connectivity index (χ2n) is 4.22. The molecule has 1 amide bonds. The van der Waals surface area contributed by atoms with E-state index in [1.54, 1.807) is 14.0 Å². The maximum Gasteiger partial charge on any atom is 0.221 e. The van der Waals surface area contributed by atoms with Gasteiger partial charge in [0.25, 0.3) is 0 Å². The molecule has 0 aliphatic carbocycles. The van der Waals surface area contributed by atoms with E-state index in [1.807, 2.05) is 30.1 Å². The van der Waals surface area contributed by atoms with Gasteiger partial charge in [-0.05, 0) is 19.1 Å². The van der Waals surface area contributed by atoms with E-state index in [4.69, 9.17) is 0 Å². The molecule has 0 spiro atoms. The van der Waals surface area contributed by atoms with Gasteiger partial charge in [-0.25, -0.2) is 0 Å². The van der Waals surface area contributed by atoms with E-state index in [0.29, 0.717) is 13.0 Å². The number of carbonyl (C=O) groups is 1. The van der Waals surface area contributed by atoms with E-state index in [2.05, 4.69) is 21.2 Å². The maximum absolute atomic E-state index is 11.2. The van der Waals surface area contributed by atoms with Crippen molar-refractivity contribution in [3.05, 3.63) is 28.2 Å². The number of benzene rings is 1. The molecule has 0 aromatic heterocycles. The molecule has 0 saturated carbocycles. The Morgan fingerprint density at radius 2 is 2.22 bits per heavy atom. The first-order valence-electron chi connectivity index (χ1n) is 5.85. The molecule has 5 heteroatoms. The number of nitrogens with zero attached hydrogens (tertiary/aromatic N) is 1. The zero-order valence-electron chi connectivity index (χ0n) is 10.9. The average Bonchev–Trinajstić information content (AvgIpc) is 2.34. The maximum atomic E-state index is 11.2. The number of hydrogen-bond donors (Lipinski definition) is 2. The second kappa shape index (κ2) is 6.75. The number of hydrogen-bond acceptors (Lipinski definition) is 3. The largest absolute Gasteiger partial charge is 0.389 e. The summed E-state index contributed by atoms with van der Waals surface area (Å²) in [5, 5.41) is 12.3. The van der Waals surface area contributed by atoms with Crippen molar-refractivity contribution in [1.82, 2.24) is 5.32 Å². The van der Waals surface area contributed by atoms with Crippen LogP contribution in [0.1, 0.15) is 25.0 Å². The molecule has 4 nitrogen and oxygen atoms in total. The van der Waals surface area contributed by atoms with Gasteiger partial charge < -0.3 is 15.3 Å². The summed E-state index contributed by atoms with van der Waals surface area (Å²) in [7, 11) is 3.54. The van der Waals surface area contributed by atoms with E-state index in [0.717, 1.165) is 15.7 Å². The number of carbonyl (C=O) groups excluding carboxylic acids is 1. The minimum atomic E-state index is -0.532. The normalized spacial score (nSPS) is 12.1. The summed E-state index contributed by atoms with van der Waals surface area (Å²) < 4.78 is 0.952. The van der Waals surface area contributed by atoms with Crippen LogP contribution in [-0.2, 0) is 4.79 Å². The van der Waals surface area contributed by atoms with Crippen LogP contribution in [-0.4, -0.2) is 31.7 Å². The Bertz CT molecular complexity index is 421. The van der Waals surface area contributed by atoms with Crippen LogP contribution in [0, 0.1) is 0 Å². The average molecular weight is 315 g/mol. The first kappa shape index (κ1) is 15.0. The third kappa shape index (κ3) is 3.99. The Labute approximate surface area is 116 Å². The van der Waals surface area contributed by atoms with Crippen LogP contribution in [0.15, 0.2) is 22.7 Å². The van der Waals surface area contributed by atoms with Gasteiger partial charge in [0.2, 0.25) is 5.91 Å². The second-order valence-corrected chi connectivity index (χ2v) is 5.14. The van der Waals surface area contributed by atoms with Crippen LogP contribution in [0.4, 0.5) is 5.69 Å². The predicted octanol–water partition coefficient (Wildman–Crippen LogP) is 2.07. The third-order valence-corrected chi connectivity index (χ3v) is 3.30. The fourth-order valence-electron chi connectivity index (χ4n) is 1.72. The number of rotatable bonds is 5. The molecule has 0 aliphatic rings. The number of nitrogens with one attached hydrogen (secondary N) is 1. The van der Waals surface area contributed by atoms with Gasteiger partial charge in [-0.3, -0.25) is 4.79 Å². The highest BCUT2D eigenvalue weighted by molar-refractivity contribution is 9.10. The standard InChI is InChI=1S/C13H19BrN2O2/c1-9(17)11-5-4-10(14)8-12(11)16(3)7-6-13(18)15-2/h4-5,8-9,17H,6-7H2,1-3H3,(H,15,18). The predicted molar refractivity (Wildman–Crippen MR) is 76.7 cm³/mol. The van der Waals surface area contributed by atoms with Gasteiger partial charge in [-0.2, -0.15) is 0 Å². The lowest BCUT2D eigenvalue weighted by Crippen LogP contribution is -2.27. The summed E-state index contributed by atoms with van der Waals surface area (Å²) in [6.07, 6.45) is -0.103. The fraction of sp³-hybridized carbons (Fsp3) is 0.462. The lowest BCUT2D eigenvalue weighted by molar-refractivity contribution is -0.120. The highest BCUT2D eigenvalue weighted by Crippen LogP contribution is 2.29. The summed E-state index contributed by atoms with van der Waals surface area (Å²) in [5.41, 5.74) is 1.79. The van der Waals surface area contributed by atoms with Crippen molar-refractivity contribution in [2.75, 3.05) is 25.5 Å². The van der Waals surface area contributed by atoms with Crippen molar-refractivity contribution < 1.29 is 9.90 Å². The molecule has 0 saturated heterocycles. The lowest BCUT2D eigenvalue weighted by Gasteiger charge is -2.23. The zero-order chi connectivity index (χ0) is 13.7. The van der Waals surface area contributed by atoms with Crippen LogP contribution in [0.25, 0.3) is 0 Å². The van der Waals surface area contributed by atoms with Crippen LogP contribution >= 0.6 is 15.9 Å². The van der Waals surface area contributed by atoms with Crippen LogP contribution in [0.5, 0.6) is 0 Å². The van der Waals surface area contributed by atoms with Gasteiger partial charge in [-0.1, -0.05) is 22.0 Å². The summed E-state index contributed by atoms with van der Waals surface area (Å²) in [6, 6.07) is 5.74. The van der Waals surface area contributed by atoms with E-state index >= 15 is 0 Å². The van der Waals surface area contributed by atoms with Crippen LogP contribution < -0.4 is 10.2 Å². The van der Waals surface area contributed by atoms with Crippen molar-refractivity contribution in [2.24, 2.45) is 0 Å². The molecule has 0 aliphatic heterocycles. The molecule has 0 fully saturated rings. The molecule has 0 radical (unpaired) electrons. The van der Waals surface area contributed by atoms with Crippen molar-refractivity contribution in [3.63, 3.8) is 0 Å². The topological polar surface area (TPSA) is 52.6 Å². The Balaban J connectivity index is 2.86. The summed E-state index contributed by atoms with van der Waals surface area (Å²) in [6.45, 7) is 2.34. The molecule has 0 heterocycles. The third-order valence-electron chi connectivity index (χ3n) is 2.81. The molecular weight excluding hydrogens is 296 g/mol. The summed E-state index contributed by atoms with van der Waals surface area (Å²) in [5.74, 6) is 0.00967. The molecule has 2 N–H and O–H groups in total. The number of halogens is 1. The van der Waals surface area contributed by atoms with E-state index in [9.17, 15) is 9.90 Å². The molecule has 1 aromatic carbocycles. The molecule has 1 unspecified atom stereocenters. The monoisotopic (exact) mass is 314 g/mol. The van der Waals surface area contributed by atoms with Crippen LogP contribution in [0.3, 0.4) is 0 Å².